The summed E-state index contributed by atoms with van der Waals surface area (Å²) in [6, 6.07) is 9.30. The van der Waals surface area contributed by atoms with Crippen LogP contribution in [0.2, 0.25) is 0 Å². The van der Waals surface area contributed by atoms with E-state index in [1.165, 1.54) is 6.07 Å². The average Bonchev–Trinajstić information content (AvgIpc) is 2.58. The van der Waals surface area contributed by atoms with Crippen molar-refractivity contribution in [1.29, 1.82) is 0 Å². The van der Waals surface area contributed by atoms with Crippen LogP contribution in [0.4, 0.5) is 0 Å². The fraction of sp³-hybridized carbons (Fsp3) is 0.286. The second-order valence-corrected chi connectivity index (χ2v) is 7.84. The standard InChI is InChI=1S/C21H21N5O/c1-12-10-13(2)23-19(22-12)16-11-18(27)25-20-14-6-7-17(21(3,4)5)24-15(14)8-9-26(16)20/h6-11H,1-5H3. The normalized spacial score (nSPS) is 12.0. The first-order valence-corrected chi connectivity index (χ1v) is 8.89. The first kappa shape index (κ1) is 17.3. The van der Waals surface area contributed by atoms with Crippen molar-refractivity contribution in [1.82, 2.24) is 24.3 Å². The summed E-state index contributed by atoms with van der Waals surface area (Å²) < 4.78 is 1.86. The van der Waals surface area contributed by atoms with E-state index < -0.39 is 0 Å². The first-order valence-electron chi connectivity index (χ1n) is 8.89. The summed E-state index contributed by atoms with van der Waals surface area (Å²) in [5, 5.41) is 0.828. The third kappa shape index (κ3) is 3.07. The molecule has 0 saturated carbocycles. The van der Waals surface area contributed by atoms with E-state index in [1.54, 1.807) is 0 Å². The molecule has 6 heteroatoms. The van der Waals surface area contributed by atoms with Crippen LogP contribution in [0.25, 0.3) is 28.1 Å². The third-order valence-electron chi connectivity index (χ3n) is 4.49. The van der Waals surface area contributed by atoms with Gasteiger partial charge in [0.05, 0.1) is 11.2 Å². The van der Waals surface area contributed by atoms with E-state index in [0.717, 1.165) is 28.0 Å². The highest BCUT2D eigenvalue weighted by Crippen LogP contribution is 2.26. The molecule has 136 valence electrons. The average molecular weight is 359 g/mol. The van der Waals surface area contributed by atoms with Crippen molar-refractivity contribution in [3.05, 3.63) is 64.0 Å². The molecule has 0 N–H and O–H groups in total. The van der Waals surface area contributed by atoms with Crippen molar-refractivity contribution < 1.29 is 0 Å². The van der Waals surface area contributed by atoms with Gasteiger partial charge in [0.25, 0.3) is 5.56 Å². The summed E-state index contributed by atoms with van der Waals surface area (Å²) in [6.07, 6.45) is 1.87. The second-order valence-electron chi connectivity index (χ2n) is 7.84. The molecule has 0 amide bonds. The summed E-state index contributed by atoms with van der Waals surface area (Å²) in [7, 11) is 0. The van der Waals surface area contributed by atoms with Crippen LogP contribution in [-0.4, -0.2) is 24.3 Å². The fourth-order valence-electron chi connectivity index (χ4n) is 3.20. The Hall–Kier alpha value is -3.15. The number of aryl methyl sites for hydroxylation is 2. The van der Waals surface area contributed by atoms with Crippen molar-refractivity contribution in [3.8, 4) is 11.5 Å². The highest BCUT2D eigenvalue weighted by atomic mass is 16.1. The predicted molar refractivity (Wildman–Crippen MR) is 106 cm³/mol. The van der Waals surface area contributed by atoms with Crippen LogP contribution < -0.4 is 5.56 Å². The molecule has 4 aromatic rings. The van der Waals surface area contributed by atoms with Gasteiger partial charge >= 0.3 is 0 Å². The summed E-state index contributed by atoms with van der Waals surface area (Å²) in [5.41, 5.74) is 4.33. The van der Waals surface area contributed by atoms with Crippen molar-refractivity contribution in [3.63, 3.8) is 0 Å². The lowest BCUT2D eigenvalue weighted by Crippen LogP contribution is -2.14. The molecule has 0 fully saturated rings. The lowest BCUT2D eigenvalue weighted by molar-refractivity contribution is 0.571. The zero-order valence-corrected chi connectivity index (χ0v) is 16.1. The fourth-order valence-corrected chi connectivity index (χ4v) is 3.20. The SMILES string of the molecule is Cc1cc(C)nc(-c2cc(=O)nc3c4ccc(C(C)(C)C)nc4ccn23)n1. The molecule has 4 rings (SSSR count). The largest absolute Gasteiger partial charge is 0.297 e. The van der Waals surface area contributed by atoms with Crippen molar-refractivity contribution in [2.24, 2.45) is 0 Å². The molecule has 4 aromatic heterocycles. The maximum absolute atomic E-state index is 12.3. The van der Waals surface area contributed by atoms with Gasteiger partial charge in [-0.2, -0.15) is 4.98 Å². The van der Waals surface area contributed by atoms with Gasteiger partial charge in [0.1, 0.15) is 0 Å². The molecule has 4 heterocycles. The Morgan fingerprint density at radius 2 is 1.59 bits per heavy atom. The summed E-state index contributed by atoms with van der Waals surface area (Å²) in [4.78, 5) is 30.3. The number of nitrogens with zero attached hydrogens (tertiary/aromatic N) is 5. The molecular weight excluding hydrogens is 338 g/mol. The highest BCUT2D eigenvalue weighted by Gasteiger charge is 2.17. The van der Waals surface area contributed by atoms with Gasteiger partial charge in [-0.1, -0.05) is 20.8 Å². The van der Waals surface area contributed by atoms with E-state index in [9.17, 15) is 4.79 Å². The number of hydrogen-bond acceptors (Lipinski definition) is 5. The Bertz CT molecular complexity index is 1230. The molecule has 0 bridgehead atoms. The molecule has 0 aliphatic heterocycles. The van der Waals surface area contributed by atoms with Crippen LogP contribution in [0.5, 0.6) is 0 Å². The van der Waals surface area contributed by atoms with Crippen molar-refractivity contribution in [2.45, 2.75) is 40.0 Å². The number of pyridine rings is 2. The molecule has 0 aliphatic rings. The smallest absolute Gasteiger partial charge is 0.273 e. The Morgan fingerprint density at radius 3 is 2.26 bits per heavy atom. The van der Waals surface area contributed by atoms with Crippen LogP contribution in [-0.2, 0) is 5.41 Å². The van der Waals surface area contributed by atoms with E-state index in [2.05, 4.69) is 35.7 Å². The first-order chi connectivity index (χ1) is 12.7. The van der Waals surface area contributed by atoms with E-state index in [0.29, 0.717) is 17.2 Å². The van der Waals surface area contributed by atoms with Crippen molar-refractivity contribution >= 4 is 16.6 Å². The Balaban J connectivity index is 2.05. The number of aromatic nitrogens is 5. The van der Waals surface area contributed by atoms with Gasteiger partial charge in [-0.15, -0.1) is 0 Å². The monoisotopic (exact) mass is 359 g/mol. The molecule has 27 heavy (non-hydrogen) atoms. The van der Waals surface area contributed by atoms with Gasteiger partial charge in [-0.3, -0.25) is 14.2 Å². The van der Waals surface area contributed by atoms with Gasteiger partial charge in [-0.25, -0.2) is 9.97 Å². The van der Waals surface area contributed by atoms with E-state index in [4.69, 9.17) is 4.98 Å². The van der Waals surface area contributed by atoms with Crippen LogP contribution in [0, 0.1) is 13.8 Å². The highest BCUT2D eigenvalue weighted by molar-refractivity contribution is 5.92. The predicted octanol–water partition coefficient (Wildman–Crippen LogP) is 3.61. The van der Waals surface area contributed by atoms with Gasteiger partial charge in [0.2, 0.25) is 0 Å². The molecule has 0 atom stereocenters. The van der Waals surface area contributed by atoms with Gasteiger partial charge in [0, 0.05) is 40.1 Å². The number of rotatable bonds is 1. The minimum Gasteiger partial charge on any atom is -0.297 e. The van der Waals surface area contributed by atoms with E-state index >= 15 is 0 Å². The van der Waals surface area contributed by atoms with E-state index in [-0.39, 0.29) is 11.0 Å². The molecule has 0 aliphatic carbocycles. The summed E-state index contributed by atoms with van der Waals surface area (Å²) in [5.74, 6) is 0.514. The maximum Gasteiger partial charge on any atom is 0.273 e. The zero-order valence-electron chi connectivity index (χ0n) is 16.1. The molecule has 0 spiro atoms. The van der Waals surface area contributed by atoms with Crippen molar-refractivity contribution in [2.75, 3.05) is 0 Å². The quantitative estimate of drug-likeness (QED) is 0.485. The van der Waals surface area contributed by atoms with Crippen LogP contribution in [0.15, 0.2) is 41.3 Å². The molecule has 0 saturated heterocycles. The van der Waals surface area contributed by atoms with Crippen LogP contribution in [0.3, 0.4) is 0 Å². The van der Waals surface area contributed by atoms with E-state index in [1.807, 2.05) is 48.7 Å². The summed E-state index contributed by atoms with van der Waals surface area (Å²) in [6.45, 7) is 10.2. The van der Waals surface area contributed by atoms with Gasteiger partial charge in [-0.05, 0) is 38.1 Å². The van der Waals surface area contributed by atoms with Crippen LogP contribution in [0.1, 0.15) is 37.9 Å². The molecular formula is C21H21N5O. The topological polar surface area (TPSA) is 73.0 Å². The third-order valence-corrected chi connectivity index (χ3v) is 4.49. The molecule has 0 radical (unpaired) electrons. The Kier molecular flexibility index (Phi) is 3.80. The lowest BCUT2D eigenvalue weighted by Gasteiger charge is -2.18. The molecule has 6 nitrogen and oxygen atoms in total. The number of hydrogen-bond donors (Lipinski definition) is 0. The minimum absolute atomic E-state index is 0.0534. The van der Waals surface area contributed by atoms with Gasteiger partial charge in [0.15, 0.2) is 11.5 Å². The number of fused-ring (bicyclic) bond motifs is 3. The summed E-state index contributed by atoms with van der Waals surface area (Å²) >= 11 is 0. The van der Waals surface area contributed by atoms with Gasteiger partial charge < -0.3 is 0 Å². The Morgan fingerprint density at radius 1 is 0.889 bits per heavy atom. The lowest BCUT2D eigenvalue weighted by atomic mass is 9.91. The van der Waals surface area contributed by atoms with Crippen LogP contribution >= 0.6 is 0 Å². The maximum atomic E-state index is 12.3. The Labute approximate surface area is 157 Å². The molecule has 0 unspecified atom stereocenters. The second kappa shape index (κ2) is 5.94. The molecule has 0 aromatic carbocycles. The zero-order chi connectivity index (χ0) is 19.3. The minimum atomic E-state index is -0.319.